The fraction of sp³-hybridized carbons (Fsp3) is 0.0435. The molecule has 0 saturated heterocycles. The van der Waals surface area contributed by atoms with Crippen molar-refractivity contribution < 1.29 is 9.21 Å². The lowest BCUT2D eigenvalue weighted by Gasteiger charge is -2.07. The maximum atomic E-state index is 12.3. The highest BCUT2D eigenvalue weighted by atomic mass is 79.9. The number of hydrogen-bond donors (Lipinski definition) is 1. The van der Waals surface area contributed by atoms with Crippen molar-refractivity contribution in [2.45, 2.75) is 6.42 Å². The van der Waals surface area contributed by atoms with Crippen molar-refractivity contribution in [1.82, 2.24) is 5.43 Å². The van der Waals surface area contributed by atoms with Gasteiger partial charge in [-0.05, 0) is 46.7 Å². The zero-order chi connectivity index (χ0) is 20.2. The van der Waals surface area contributed by atoms with Gasteiger partial charge in [-0.2, -0.15) is 5.10 Å². The molecule has 0 fully saturated rings. The van der Waals surface area contributed by atoms with Crippen molar-refractivity contribution >= 4 is 54.8 Å². The van der Waals surface area contributed by atoms with Crippen LogP contribution in [0.15, 0.2) is 91.3 Å². The lowest BCUT2D eigenvalue weighted by molar-refractivity contribution is -0.120. The number of nitrogens with zero attached hydrogens (tertiary/aromatic N) is 1. The Morgan fingerprint density at radius 1 is 0.966 bits per heavy atom. The molecule has 3 aromatic carbocycles. The summed E-state index contributed by atoms with van der Waals surface area (Å²) in [6, 6.07) is 23.4. The number of hydrogen-bond acceptors (Lipinski definition) is 3. The second-order valence-electron chi connectivity index (χ2n) is 6.43. The smallest absolute Gasteiger partial charge is 0.244 e. The highest BCUT2D eigenvalue weighted by Crippen LogP contribution is 2.27. The van der Waals surface area contributed by atoms with Gasteiger partial charge in [0.25, 0.3) is 0 Å². The van der Waals surface area contributed by atoms with E-state index in [0.29, 0.717) is 5.76 Å². The van der Waals surface area contributed by atoms with Crippen LogP contribution >= 0.6 is 31.9 Å². The number of carbonyl (C=O) groups is 1. The average molecular weight is 512 g/mol. The van der Waals surface area contributed by atoms with E-state index in [1.165, 1.54) is 6.21 Å². The molecule has 1 N–H and O–H groups in total. The molecule has 0 aliphatic carbocycles. The van der Waals surface area contributed by atoms with E-state index in [2.05, 4.69) is 42.4 Å². The Labute approximate surface area is 184 Å². The normalized spacial score (nSPS) is 11.2. The summed E-state index contributed by atoms with van der Waals surface area (Å²) < 4.78 is 7.76. The molecule has 1 aromatic heterocycles. The number of amides is 1. The minimum absolute atomic E-state index is 0.188. The standard InChI is InChI=1S/C23H16Br2N2O2/c24-17-5-3-4-16(12-17)22-11-9-18(29-22)14-26-27-23(28)13-15-8-10-21(25)20-7-2-1-6-19(15)20/h1-12,14H,13H2,(H,27,28). The Morgan fingerprint density at radius 3 is 2.62 bits per heavy atom. The second kappa shape index (κ2) is 8.76. The van der Waals surface area contributed by atoms with Gasteiger partial charge >= 0.3 is 0 Å². The van der Waals surface area contributed by atoms with Gasteiger partial charge in [-0.1, -0.05) is 74.3 Å². The molecule has 0 radical (unpaired) electrons. The lowest BCUT2D eigenvalue weighted by Crippen LogP contribution is -2.19. The van der Waals surface area contributed by atoms with Crippen LogP contribution in [0.3, 0.4) is 0 Å². The molecule has 1 heterocycles. The summed E-state index contributed by atoms with van der Waals surface area (Å²) in [5, 5.41) is 6.15. The van der Waals surface area contributed by atoms with Gasteiger partial charge in [0.1, 0.15) is 11.5 Å². The molecule has 4 aromatic rings. The zero-order valence-electron chi connectivity index (χ0n) is 15.2. The first-order valence-electron chi connectivity index (χ1n) is 8.94. The van der Waals surface area contributed by atoms with Crippen LogP contribution in [0.25, 0.3) is 22.1 Å². The minimum atomic E-state index is -0.188. The van der Waals surface area contributed by atoms with Crippen molar-refractivity contribution in [3.63, 3.8) is 0 Å². The summed E-state index contributed by atoms with van der Waals surface area (Å²) in [6.07, 6.45) is 1.74. The van der Waals surface area contributed by atoms with E-state index in [4.69, 9.17) is 4.42 Å². The van der Waals surface area contributed by atoms with E-state index in [0.717, 1.165) is 36.6 Å². The van der Waals surface area contributed by atoms with Crippen LogP contribution in [-0.2, 0) is 11.2 Å². The first-order chi connectivity index (χ1) is 14.1. The van der Waals surface area contributed by atoms with Gasteiger partial charge in [0.15, 0.2) is 0 Å². The molecule has 0 aliphatic rings. The van der Waals surface area contributed by atoms with Crippen LogP contribution in [0.1, 0.15) is 11.3 Å². The summed E-state index contributed by atoms with van der Waals surface area (Å²) >= 11 is 7.00. The molecule has 0 spiro atoms. The molecule has 0 aliphatic heterocycles. The SMILES string of the molecule is O=C(Cc1ccc(Br)c2ccccc12)NN=Cc1ccc(-c2cccc(Br)c2)o1. The van der Waals surface area contributed by atoms with E-state index in [1.807, 2.05) is 72.8 Å². The van der Waals surface area contributed by atoms with Gasteiger partial charge in [0.05, 0.1) is 12.6 Å². The van der Waals surface area contributed by atoms with Crippen molar-refractivity contribution in [2.75, 3.05) is 0 Å². The molecule has 0 atom stereocenters. The third-order valence-corrected chi connectivity index (χ3v) is 5.61. The van der Waals surface area contributed by atoms with Crippen LogP contribution in [0, 0.1) is 0 Å². The number of fused-ring (bicyclic) bond motifs is 1. The number of furan rings is 1. The Balaban J connectivity index is 1.42. The van der Waals surface area contributed by atoms with Gasteiger partial charge in [-0.3, -0.25) is 4.79 Å². The Morgan fingerprint density at radius 2 is 1.79 bits per heavy atom. The van der Waals surface area contributed by atoms with Crippen LogP contribution in [0.2, 0.25) is 0 Å². The number of halogens is 2. The maximum absolute atomic E-state index is 12.3. The van der Waals surface area contributed by atoms with E-state index >= 15 is 0 Å². The fourth-order valence-electron chi connectivity index (χ4n) is 3.08. The summed E-state index contributed by atoms with van der Waals surface area (Å²) in [5.74, 6) is 1.11. The van der Waals surface area contributed by atoms with Crippen LogP contribution < -0.4 is 5.43 Å². The van der Waals surface area contributed by atoms with Gasteiger partial charge in [-0.25, -0.2) is 5.43 Å². The van der Waals surface area contributed by atoms with Gasteiger partial charge < -0.3 is 4.42 Å². The molecule has 0 saturated carbocycles. The molecule has 0 unspecified atom stereocenters. The van der Waals surface area contributed by atoms with E-state index in [9.17, 15) is 4.79 Å². The largest absolute Gasteiger partial charge is 0.455 e. The average Bonchev–Trinajstić information content (AvgIpc) is 3.19. The summed E-state index contributed by atoms with van der Waals surface area (Å²) in [6.45, 7) is 0. The van der Waals surface area contributed by atoms with Crippen LogP contribution in [-0.4, -0.2) is 12.1 Å². The minimum Gasteiger partial charge on any atom is -0.455 e. The first kappa shape index (κ1) is 19.6. The van der Waals surface area contributed by atoms with E-state index in [-0.39, 0.29) is 12.3 Å². The third-order valence-electron chi connectivity index (χ3n) is 4.43. The predicted octanol–water partition coefficient (Wildman–Crippen LogP) is 6.32. The molecule has 4 rings (SSSR count). The van der Waals surface area contributed by atoms with E-state index in [1.54, 1.807) is 0 Å². The van der Waals surface area contributed by atoms with Crippen molar-refractivity contribution in [3.8, 4) is 11.3 Å². The molecule has 4 nitrogen and oxygen atoms in total. The molecule has 6 heteroatoms. The molecule has 144 valence electrons. The van der Waals surface area contributed by atoms with Gasteiger partial charge in [0.2, 0.25) is 5.91 Å². The van der Waals surface area contributed by atoms with Crippen molar-refractivity contribution in [1.29, 1.82) is 0 Å². The lowest BCUT2D eigenvalue weighted by atomic mass is 10.0. The quantitative estimate of drug-likeness (QED) is 0.252. The summed E-state index contributed by atoms with van der Waals surface area (Å²) in [4.78, 5) is 12.3. The van der Waals surface area contributed by atoms with E-state index < -0.39 is 0 Å². The number of hydrazone groups is 1. The number of rotatable bonds is 5. The van der Waals surface area contributed by atoms with Gasteiger partial charge in [-0.15, -0.1) is 0 Å². The number of carbonyl (C=O) groups excluding carboxylic acids is 1. The highest BCUT2D eigenvalue weighted by Gasteiger charge is 2.08. The monoisotopic (exact) mass is 510 g/mol. The van der Waals surface area contributed by atoms with Gasteiger partial charge in [0, 0.05) is 14.5 Å². The molecule has 29 heavy (non-hydrogen) atoms. The Hall–Kier alpha value is -2.70. The number of nitrogens with one attached hydrogen (secondary N) is 1. The number of benzene rings is 3. The Bertz CT molecular complexity index is 1210. The third kappa shape index (κ3) is 4.66. The highest BCUT2D eigenvalue weighted by molar-refractivity contribution is 9.11. The predicted molar refractivity (Wildman–Crippen MR) is 123 cm³/mol. The first-order valence-corrected chi connectivity index (χ1v) is 10.5. The molecule has 0 bridgehead atoms. The molecular weight excluding hydrogens is 496 g/mol. The topological polar surface area (TPSA) is 54.6 Å². The summed E-state index contributed by atoms with van der Waals surface area (Å²) in [7, 11) is 0. The molecule has 1 amide bonds. The summed E-state index contributed by atoms with van der Waals surface area (Å²) in [5.41, 5.74) is 4.48. The fourth-order valence-corrected chi connectivity index (χ4v) is 3.96. The zero-order valence-corrected chi connectivity index (χ0v) is 18.4. The van der Waals surface area contributed by atoms with Crippen molar-refractivity contribution in [2.24, 2.45) is 5.10 Å². The Kier molecular flexibility index (Phi) is 5.92. The van der Waals surface area contributed by atoms with Crippen LogP contribution in [0.4, 0.5) is 0 Å². The van der Waals surface area contributed by atoms with Crippen LogP contribution in [0.5, 0.6) is 0 Å². The maximum Gasteiger partial charge on any atom is 0.244 e. The molecular formula is C23H16Br2N2O2. The van der Waals surface area contributed by atoms with Crippen molar-refractivity contribution in [3.05, 3.63) is 93.1 Å². The second-order valence-corrected chi connectivity index (χ2v) is 8.20.